The molecule has 1 aliphatic heterocycles. The van der Waals surface area contributed by atoms with E-state index in [9.17, 15) is 4.79 Å². The van der Waals surface area contributed by atoms with Gasteiger partial charge in [-0.05, 0) is 28.8 Å². The Bertz CT molecular complexity index is 544. The van der Waals surface area contributed by atoms with Gasteiger partial charge >= 0.3 is 0 Å². The lowest BCUT2D eigenvalue weighted by atomic mass is 10.0. The summed E-state index contributed by atoms with van der Waals surface area (Å²) in [6, 6.07) is 2.01. The fourth-order valence-corrected chi connectivity index (χ4v) is 2.89. The molecule has 0 spiro atoms. The van der Waals surface area contributed by atoms with Gasteiger partial charge in [-0.15, -0.1) is 0 Å². The van der Waals surface area contributed by atoms with Crippen molar-refractivity contribution in [1.82, 2.24) is 15.5 Å². The van der Waals surface area contributed by atoms with Gasteiger partial charge in [-0.2, -0.15) is 16.4 Å². The number of nitrogens with zero attached hydrogens (tertiary/aromatic N) is 1. The number of amides is 1. The first-order valence-electron chi connectivity index (χ1n) is 6.25. The maximum absolute atomic E-state index is 12.2. The van der Waals surface area contributed by atoms with Crippen LogP contribution in [0.25, 0.3) is 0 Å². The van der Waals surface area contributed by atoms with Crippen LogP contribution in [0.1, 0.15) is 34.0 Å². The lowest BCUT2D eigenvalue weighted by molar-refractivity contribution is 0.0949. The van der Waals surface area contributed by atoms with E-state index in [0.29, 0.717) is 18.7 Å². The largest absolute Gasteiger partial charge is 0.381 e. The van der Waals surface area contributed by atoms with Gasteiger partial charge in [-0.1, -0.05) is 0 Å². The quantitative estimate of drug-likeness (QED) is 0.897. The van der Waals surface area contributed by atoms with E-state index in [1.54, 1.807) is 17.5 Å². The molecule has 0 bridgehead atoms. The second kappa shape index (κ2) is 5.54. The van der Waals surface area contributed by atoms with Crippen molar-refractivity contribution in [3.8, 4) is 0 Å². The van der Waals surface area contributed by atoms with Crippen LogP contribution in [0.2, 0.25) is 0 Å². The van der Waals surface area contributed by atoms with Crippen molar-refractivity contribution in [2.75, 3.05) is 13.2 Å². The fraction of sp³-hybridized carbons (Fsp3) is 0.385. The van der Waals surface area contributed by atoms with Crippen LogP contribution in [-0.4, -0.2) is 29.3 Å². The van der Waals surface area contributed by atoms with Crippen LogP contribution in [0.3, 0.4) is 0 Å². The molecule has 1 atom stereocenters. The van der Waals surface area contributed by atoms with Gasteiger partial charge in [0.2, 0.25) is 0 Å². The number of aromatic nitrogens is 2. The summed E-state index contributed by atoms with van der Waals surface area (Å²) in [7, 11) is 0. The summed E-state index contributed by atoms with van der Waals surface area (Å²) < 4.78 is 5.36. The Labute approximate surface area is 115 Å². The van der Waals surface area contributed by atoms with E-state index < -0.39 is 0 Å². The fourth-order valence-electron chi connectivity index (χ4n) is 2.22. The van der Waals surface area contributed by atoms with Crippen molar-refractivity contribution in [3.63, 3.8) is 0 Å². The molecule has 5 nitrogen and oxygen atoms in total. The minimum atomic E-state index is -0.0816. The third kappa shape index (κ3) is 2.69. The molecule has 1 aliphatic rings. The van der Waals surface area contributed by atoms with E-state index in [0.717, 1.165) is 24.3 Å². The van der Waals surface area contributed by atoms with Crippen molar-refractivity contribution in [2.45, 2.75) is 18.9 Å². The second-order valence-corrected chi connectivity index (χ2v) is 5.35. The lowest BCUT2D eigenvalue weighted by Gasteiger charge is -2.08. The molecule has 2 N–H and O–H groups in total. The van der Waals surface area contributed by atoms with Crippen LogP contribution in [0.15, 0.2) is 23.0 Å². The van der Waals surface area contributed by atoms with Crippen molar-refractivity contribution >= 4 is 17.2 Å². The van der Waals surface area contributed by atoms with Crippen LogP contribution in [0.5, 0.6) is 0 Å². The number of nitrogens with one attached hydrogen (secondary N) is 2. The van der Waals surface area contributed by atoms with Gasteiger partial charge < -0.3 is 10.1 Å². The van der Waals surface area contributed by atoms with Gasteiger partial charge in [0.15, 0.2) is 0 Å². The average molecular weight is 277 g/mol. The van der Waals surface area contributed by atoms with E-state index in [1.165, 1.54) is 0 Å². The number of carbonyl (C=O) groups is 1. The summed E-state index contributed by atoms with van der Waals surface area (Å²) in [5.74, 6) is 0.172. The molecule has 0 saturated carbocycles. The molecule has 2 aromatic rings. The number of hydrogen-bond acceptors (Lipinski definition) is 4. The summed E-state index contributed by atoms with van der Waals surface area (Å²) in [5.41, 5.74) is 2.64. The van der Waals surface area contributed by atoms with Crippen LogP contribution in [-0.2, 0) is 11.3 Å². The highest BCUT2D eigenvalue weighted by Crippen LogP contribution is 2.26. The molecule has 1 unspecified atom stereocenters. The minimum Gasteiger partial charge on any atom is -0.381 e. The molecule has 3 heterocycles. The molecule has 2 aromatic heterocycles. The summed E-state index contributed by atoms with van der Waals surface area (Å²) >= 11 is 1.63. The van der Waals surface area contributed by atoms with E-state index in [-0.39, 0.29) is 11.8 Å². The zero-order chi connectivity index (χ0) is 13.1. The molecule has 19 heavy (non-hydrogen) atoms. The topological polar surface area (TPSA) is 67.0 Å². The van der Waals surface area contributed by atoms with Crippen molar-refractivity contribution in [2.24, 2.45) is 0 Å². The van der Waals surface area contributed by atoms with Gasteiger partial charge in [0.25, 0.3) is 5.91 Å². The van der Waals surface area contributed by atoms with Crippen molar-refractivity contribution in [3.05, 3.63) is 39.8 Å². The molecule has 6 heteroatoms. The Kier molecular flexibility index (Phi) is 3.61. The molecular weight excluding hydrogens is 262 g/mol. The number of carbonyl (C=O) groups excluding carboxylic acids is 1. The smallest absolute Gasteiger partial charge is 0.255 e. The summed E-state index contributed by atoms with van der Waals surface area (Å²) in [5, 5.41) is 13.9. The first-order valence-corrected chi connectivity index (χ1v) is 7.19. The molecular formula is C13H15N3O2S. The standard InChI is InChI=1S/C13H15N3O2S/c17-13(14-5-9-2-4-19-8-9)11-6-15-16-12(11)10-1-3-18-7-10/h2,4,6,8,10H,1,3,5,7H2,(H,14,17)(H,15,16). The monoisotopic (exact) mass is 277 g/mol. The lowest BCUT2D eigenvalue weighted by Crippen LogP contribution is -2.23. The molecule has 1 amide bonds. The van der Waals surface area contributed by atoms with Crippen LogP contribution in [0.4, 0.5) is 0 Å². The van der Waals surface area contributed by atoms with Crippen LogP contribution >= 0.6 is 11.3 Å². The number of aromatic amines is 1. The van der Waals surface area contributed by atoms with Gasteiger partial charge in [-0.25, -0.2) is 0 Å². The molecule has 100 valence electrons. The summed E-state index contributed by atoms with van der Waals surface area (Å²) in [4.78, 5) is 12.2. The molecule has 1 fully saturated rings. The van der Waals surface area contributed by atoms with E-state index in [2.05, 4.69) is 15.5 Å². The van der Waals surface area contributed by atoms with Crippen LogP contribution < -0.4 is 5.32 Å². The Morgan fingerprint density at radius 2 is 2.58 bits per heavy atom. The molecule has 0 aromatic carbocycles. The molecule has 0 radical (unpaired) electrons. The predicted octanol–water partition coefficient (Wildman–Crippen LogP) is 1.91. The van der Waals surface area contributed by atoms with Gasteiger partial charge in [-0.3, -0.25) is 9.89 Å². The summed E-state index contributed by atoms with van der Waals surface area (Å²) in [6.45, 7) is 1.96. The Balaban J connectivity index is 1.67. The van der Waals surface area contributed by atoms with Crippen LogP contribution in [0, 0.1) is 0 Å². The molecule has 3 rings (SSSR count). The minimum absolute atomic E-state index is 0.0816. The average Bonchev–Trinajstić information content (AvgIpc) is 3.14. The van der Waals surface area contributed by atoms with Gasteiger partial charge in [0, 0.05) is 19.1 Å². The first kappa shape index (κ1) is 12.4. The molecule has 0 aliphatic carbocycles. The van der Waals surface area contributed by atoms with Crippen molar-refractivity contribution < 1.29 is 9.53 Å². The van der Waals surface area contributed by atoms with E-state index in [4.69, 9.17) is 4.74 Å². The maximum Gasteiger partial charge on any atom is 0.255 e. The normalized spacial score (nSPS) is 18.6. The second-order valence-electron chi connectivity index (χ2n) is 4.57. The SMILES string of the molecule is O=C(NCc1ccsc1)c1cn[nH]c1C1CCOC1. The maximum atomic E-state index is 12.2. The third-order valence-corrected chi connectivity index (χ3v) is 4.02. The number of ether oxygens (including phenoxy) is 1. The number of thiophene rings is 1. The highest BCUT2D eigenvalue weighted by molar-refractivity contribution is 7.07. The Hall–Kier alpha value is -1.66. The number of hydrogen-bond donors (Lipinski definition) is 2. The predicted molar refractivity (Wildman–Crippen MR) is 72.3 cm³/mol. The summed E-state index contributed by atoms with van der Waals surface area (Å²) in [6.07, 6.45) is 2.53. The highest BCUT2D eigenvalue weighted by Gasteiger charge is 2.25. The number of H-pyrrole nitrogens is 1. The van der Waals surface area contributed by atoms with E-state index >= 15 is 0 Å². The Morgan fingerprint density at radius 3 is 3.32 bits per heavy atom. The van der Waals surface area contributed by atoms with Crippen molar-refractivity contribution in [1.29, 1.82) is 0 Å². The Morgan fingerprint density at radius 1 is 1.63 bits per heavy atom. The number of rotatable bonds is 4. The van der Waals surface area contributed by atoms with Gasteiger partial charge in [0.05, 0.1) is 24.1 Å². The molecule has 1 saturated heterocycles. The zero-order valence-electron chi connectivity index (χ0n) is 10.4. The van der Waals surface area contributed by atoms with E-state index in [1.807, 2.05) is 16.8 Å². The third-order valence-electron chi connectivity index (χ3n) is 3.28. The zero-order valence-corrected chi connectivity index (χ0v) is 11.2. The highest BCUT2D eigenvalue weighted by atomic mass is 32.1. The first-order chi connectivity index (χ1) is 9.34. The van der Waals surface area contributed by atoms with Gasteiger partial charge in [0.1, 0.15) is 0 Å².